The number of nitrogens with two attached hydrogens (primary N) is 1. The van der Waals surface area contributed by atoms with E-state index in [9.17, 15) is 8.78 Å². The first-order valence-electron chi connectivity index (χ1n) is 6.28. The van der Waals surface area contributed by atoms with E-state index in [4.69, 9.17) is 5.73 Å². The highest BCUT2D eigenvalue weighted by Crippen LogP contribution is 2.27. The fourth-order valence-electron chi connectivity index (χ4n) is 2.09. The molecule has 3 nitrogen and oxygen atoms in total. The molecule has 104 valence electrons. The zero-order valence-corrected chi connectivity index (χ0v) is 10.9. The maximum absolute atomic E-state index is 13.2. The summed E-state index contributed by atoms with van der Waals surface area (Å²) in [5.41, 5.74) is 8.55. The molecule has 0 bridgehead atoms. The first-order chi connectivity index (χ1) is 10.1. The Bertz CT molecular complexity index is 739. The second-order valence-corrected chi connectivity index (χ2v) is 4.53. The van der Waals surface area contributed by atoms with E-state index in [2.05, 4.69) is 9.97 Å². The van der Waals surface area contributed by atoms with Crippen LogP contribution in [0.5, 0.6) is 0 Å². The lowest BCUT2D eigenvalue weighted by Gasteiger charge is -2.07. The Hall–Kier alpha value is -2.82. The van der Waals surface area contributed by atoms with Crippen molar-refractivity contribution in [3.05, 3.63) is 66.5 Å². The highest BCUT2D eigenvalue weighted by Gasteiger charge is 2.07. The van der Waals surface area contributed by atoms with E-state index in [-0.39, 0.29) is 0 Å². The van der Waals surface area contributed by atoms with Crippen molar-refractivity contribution in [1.82, 2.24) is 9.97 Å². The minimum atomic E-state index is -0.569. The van der Waals surface area contributed by atoms with Crippen molar-refractivity contribution in [2.45, 2.75) is 0 Å². The molecule has 0 aliphatic heterocycles. The summed E-state index contributed by atoms with van der Waals surface area (Å²) < 4.78 is 26.5. The number of hydrogen-bond donors (Lipinski definition) is 1. The molecule has 3 rings (SSSR count). The maximum atomic E-state index is 13.2. The Balaban J connectivity index is 2.12. The largest absolute Gasteiger partial charge is 0.399 e. The number of pyridine rings is 2. The van der Waals surface area contributed by atoms with Gasteiger partial charge in [0, 0.05) is 16.8 Å². The predicted molar refractivity (Wildman–Crippen MR) is 77.2 cm³/mol. The van der Waals surface area contributed by atoms with Gasteiger partial charge in [0.25, 0.3) is 0 Å². The van der Waals surface area contributed by atoms with Gasteiger partial charge in [-0.1, -0.05) is 12.1 Å². The normalized spacial score (nSPS) is 10.6. The second kappa shape index (κ2) is 5.28. The summed E-state index contributed by atoms with van der Waals surface area (Å²) in [6.07, 6.45) is 0. The SMILES string of the molecule is Nc1cc(-c2cccc(F)n2)cc(-c2cccc(F)n2)c1. The third-order valence-corrected chi connectivity index (χ3v) is 2.98. The molecule has 0 spiro atoms. The third kappa shape index (κ3) is 2.86. The smallest absolute Gasteiger partial charge is 0.213 e. The number of anilines is 1. The van der Waals surface area contributed by atoms with Gasteiger partial charge in [0.05, 0.1) is 11.4 Å². The fraction of sp³-hybridized carbons (Fsp3) is 0. The molecule has 0 fully saturated rings. The second-order valence-electron chi connectivity index (χ2n) is 4.53. The van der Waals surface area contributed by atoms with Gasteiger partial charge in [-0.2, -0.15) is 8.78 Å². The Kier molecular flexibility index (Phi) is 3.31. The molecule has 0 unspecified atom stereocenters. The molecule has 5 heteroatoms. The Morgan fingerprint density at radius 3 is 1.62 bits per heavy atom. The molecular formula is C16H11F2N3. The van der Waals surface area contributed by atoms with Crippen LogP contribution in [0, 0.1) is 11.9 Å². The van der Waals surface area contributed by atoms with Crippen molar-refractivity contribution in [3.8, 4) is 22.5 Å². The lowest BCUT2D eigenvalue weighted by molar-refractivity contribution is 0.585. The van der Waals surface area contributed by atoms with Crippen molar-refractivity contribution in [1.29, 1.82) is 0 Å². The van der Waals surface area contributed by atoms with Crippen LogP contribution in [0.15, 0.2) is 54.6 Å². The lowest BCUT2D eigenvalue weighted by Crippen LogP contribution is -1.93. The molecule has 2 aromatic heterocycles. The van der Waals surface area contributed by atoms with Gasteiger partial charge in [0.2, 0.25) is 11.9 Å². The number of nitrogen functional groups attached to an aromatic ring is 1. The van der Waals surface area contributed by atoms with E-state index in [1.54, 1.807) is 42.5 Å². The first-order valence-corrected chi connectivity index (χ1v) is 6.28. The number of halogens is 2. The van der Waals surface area contributed by atoms with Gasteiger partial charge < -0.3 is 5.73 Å². The maximum Gasteiger partial charge on any atom is 0.213 e. The molecule has 0 saturated carbocycles. The molecule has 1 aromatic carbocycles. The van der Waals surface area contributed by atoms with Crippen molar-refractivity contribution in [2.75, 3.05) is 5.73 Å². The van der Waals surface area contributed by atoms with Crippen LogP contribution < -0.4 is 5.73 Å². The molecule has 0 atom stereocenters. The van der Waals surface area contributed by atoms with Crippen LogP contribution in [-0.4, -0.2) is 9.97 Å². The zero-order valence-electron chi connectivity index (χ0n) is 10.9. The van der Waals surface area contributed by atoms with Gasteiger partial charge >= 0.3 is 0 Å². The van der Waals surface area contributed by atoms with Gasteiger partial charge in [0.15, 0.2) is 0 Å². The summed E-state index contributed by atoms with van der Waals surface area (Å²) in [6.45, 7) is 0. The molecule has 3 aromatic rings. The van der Waals surface area contributed by atoms with Crippen molar-refractivity contribution in [2.24, 2.45) is 0 Å². The highest BCUT2D eigenvalue weighted by molar-refractivity contribution is 5.74. The minimum Gasteiger partial charge on any atom is -0.399 e. The molecule has 0 amide bonds. The van der Waals surface area contributed by atoms with Gasteiger partial charge in [0.1, 0.15) is 0 Å². The monoisotopic (exact) mass is 283 g/mol. The van der Waals surface area contributed by atoms with E-state index in [0.717, 1.165) is 0 Å². The summed E-state index contributed by atoms with van der Waals surface area (Å²) >= 11 is 0. The molecule has 2 N–H and O–H groups in total. The number of benzene rings is 1. The van der Waals surface area contributed by atoms with Crippen LogP contribution in [0.25, 0.3) is 22.5 Å². The van der Waals surface area contributed by atoms with Gasteiger partial charge in [-0.15, -0.1) is 0 Å². The third-order valence-electron chi connectivity index (χ3n) is 2.98. The Morgan fingerprint density at radius 1 is 0.714 bits per heavy atom. The predicted octanol–water partition coefficient (Wildman–Crippen LogP) is 3.67. The van der Waals surface area contributed by atoms with E-state index >= 15 is 0 Å². The number of hydrogen-bond acceptors (Lipinski definition) is 3. The number of aromatic nitrogens is 2. The summed E-state index contributed by atoms with van der Waals surface area (Å²) in [5, 5.41) is 0. The average Bonchev–Trinajstić information content (AvgIpc) is 2.46. The van der Waals surface area contributed by atoms with Crippen LogP contribution in [0.3, 0.4) is 0 Å². The molecular weight excluding hydrogens is 272 g/mol. The van der Waals surface area contributed by atoms with Crippen LogP contribution in [0.2, 0.25) is 0 Å². The van der Waals surface area contributed by atoms with E-state index in [1.807, 2.05) is 0 Å². The van der Waals surface area contributed by atoms with Gasteiger partial charge in [-0.3, -0.25) is 0 Å². The van der Waals surface area contributed by atoms with Crippen LogP contribution in [0.1, 0.15) is 0 Å². The standard InChI is InChI=1S/C16H11F2N3/c17-15-5-1-3-13(20-15)10-7-11(9-12(19)8-10)14-4-2-6-16(18)21-14/h1-9H,19H2. The summed E-state index contributed by atoms with van der Waals surface area (Å²) in [4.78, 5) is 7.64. The lowest BCUT2D eigenvalue weighted by atomic mass is 10.0. The molecule has 0 aliphatic carbocycles. The summed E-state index contributed by atoms with van der Waals surface area (Å²) in [7, 11) is 0. The summed E-state index contributed by atoms with van der Waals surface area (Å²) in [5.74, 6) is -1.14. The quantitative estimate of drug-likeness (QED) is 0.576. The molecule has 0 aliphatic rings. The number of rotatable bonds is 2. The average molecular weight is 283 g/mol. The Labute approximate surface area is 120 Å². The van der Waals surface area contributed by atoms with Crippen molar-refractivity contribution >= 4 is 5.69 Å². The van der Waals surface area contributed by atoms with E-state index in [0.29, 0.717) is 28.2 Å². The zero-order chi connectivity index (χ0) is 14.8. The summed E-state index contributed by atoms with van der Waals surface area (Å²) in [6, 6.07) is 14.2. The van der Waals surface area contributed by atoms with Crippen LogP contribution >= 0.6 is 0 Å². The number of nitrogens with zero attached hydrogens (tertiary/aromatic N) is 2. The van der Waals surface area contributed by atoms with E-state index in [1.165, 1.54) is 12.1 Å². The van der Waals surface area contributed by atoms with Crippen LogP contribution in [0.4, 0.5) is 14.5 Å². The highest BCUT2D eigenvalue weighted by atomic mass is 19.1. The van der Waals surface area contributed by atoms with Gasteiger partial charge in [-0.25, -0.2) is 9.97 Å². The molecule has 2 heterocycles. The first kappa shape index (κ1) is 13.2. The minimum absolute atomic E-state index is 0.458. The van der Waals surface area contributed by atoms with Crippen molar-refractivity contribution < 1.29 is 8.78 Å². The topological polar surface area (TPSA) is 51.8 Å². The van der Waals surface area contributed by atoms with Crippen LogP contribution in [-0.2, 0) is 0 Å². The van der Waals surface area contributed by atoms with E-state index < -0.39 is 11.9 Å². The molecule has 0 radical (unpaired) electrons. The fourth-order valence-corrected chi connectivity index (χ4v) is 2.09. The molecule has 21 heavy (non-hydrogen) atoms. The Morgan fingerprint density at radius 2 is 1.19 bits per heavy atom. The van der Waals surface area contributed by atoms with Gasteiger partial charge in [-0.05, 0) is 42.5 Å². The molecule has 0 saturated heterocycles. The van der Waals surface area contributed by atoms with Crippen molar-refractivity contribution in [3.63, 3.8) is 0 Å².